The van der Waals surface area contributed by atoms with Crippen LogP contribution in [0.5, 0.6) is 0 Å². The van der Waals surface area contributed by atoms with Crippen molar-refractivity contribution in [1.29, 1.82) is 0 Å². The van der Waals surface area contributed by atoms with Crippen LogP contribution in [0.15, 0.2) is 36.5 Å². The SMILES string of the molecule is Nc1cccnc1Nc1[c]ccc(C(F)(F)F)c1. The van der Waals surface area contributed by atoms with Crippen molar-refractivity contribution in [3.05, 3.63) is 48.2 Å². The highest BCUT2D eigenvalue weighted by Gasteiger charge is 2.30. The molecule has 0 aliphatic carbocycles. The van der Waals surface area contributed by atoms with Crippen LogP contribution in [-0.2, 0) is 6.18 Å². The first-order valence-corrected chi connectivity index (χ1v) is 5.03. The highest BCUT2D eigenvalue weighted by molar-refractivity contribution is 5.68. The summed E-state index contributed by atoms with van der Waals surface area (Å²) in [7, 11) is 0. The minimum atomic E-state index is -4.39. The van der Waals surface area contributed by atoms with E-state index in [1.54, 1.807) is 12.1 Å². The average Bonchev–Trinajstić information content (AvgIpc) is 2.31. The molecule has 0 amide bonds. The van der Waals surface area contributed by atoms with Crippen LogP contribution < -0.4 is 11.1 Å². The number of alkyl halides is 3. The van der Waals surface area contributed by atoms with Crippen molar-refractivity contribution >= 4 is 17.2 Å². The van der Waals surface area contributed by atoms with Gasteiger partial charge in [-0.3, -0.25) is 0 Å². The first-order chi connectivity index (χ1) is 8.47. The molecule has 0 aliphatic rings. The number of nitrogens with two attached hydrogens (primary N) is 1. The molecule has 2 aromatic rings. The summed E-state index contributed by atoms with van der Waals surface area (Å²) in [6.07, 6.45) is -2.90. The van der Waals surface area contributed by atoms with E-state index >= 15 is 0 Å². The number of anilines is 3. The van der Waals surface area contributed by atoms with Crippen molar-refractivity contribution in [2.24, 2.45) is 0 Å². The number of aromatic nitrogens is 1. The second kappa shape index (κ2) is 4.56. The van der Waals surface area contributed by atoms with Gasteiger partial charge in [-0.15, -0.1) is 0 Å². The fourth-order valence-electron chi connectivity index (χ4n) is 1.36. The zero-order valence-electron chi connectivity index (χ0n) is 9.12. The van der Waals surface area contributed by atoms with E-state index in [4.69, 9.17) is 5.73 Å². The Hall–Kier alpha value is -2.24. The van der Waals surface area contributed by atoms with Gasteiger partial charge in [0.1, 0.15) is 0 Å². The molecule has 2 rings (SSSR count). The van der Waals surface area contributed by atoms with Crippen LogP contribution in [0, 0.1) is 6.07 Å². The molecule has 1 aromatic carbocycles. The summed E-state index contributed by atoms with van der Waals surface area (Å²) in [5.41, 5.74) is 5.39. The summed E-state index contributed by atoms with van der Waals surface area (Å²) in [6.45, 7) is 0. The standard InChI is InChI=1S/C12H9F3N3/c13-12(14,15)8-3-1-4-9(7-8)18-11-10(16)5-2-6-17-11/h1-3,5-7H,16H2,(H,17,18). The van der Waals surface area contributed by atoms with Crippen molar-refractivity contribution in [1.82, 2.24) is 4.98 Å². The van der Waals surface area contributed by atoms with Crippen molar-refractivity contribution in [3.63, 3.8) is 0 Å². The normalized spacial score (nSPS) is 11.3. The zero-order chi connectivity index (χ0) is 13.2. The fraction of sp³-hybridized carbons (Fsp3) is 0.0833. The molecule has 3 nitrogen and oxygen atoms in total. The molecule has 1 aromatic heterocycles. The molecular weight excluding hydrogens is 243 g/mol. The van der Waals surface area contributed by atoms with Gasteiger partial charge in [-0.2, -0.15) is 13.2 Å². The van der Waals surface area contributed by atoms with Gasteiger partial charge in [0.25, 0.3) is 0 Å². The van der Waals surface area contributed by atoms with Gasteiger partial charge in [-0.1, -0.05) is 6.07 Å². The molecule has 0 bridgehead atoms. The number of halogens is 3. The predicted molar refractivity (Wildman–Crippen MR) is 62.2 cm³/mol. The van der Waals surface area contributed by atoms with Crippen LogP contribution in [0.4, 0.5) is 30.4 Å². The Morgan fingerprint density at radius 1 is 1.28 bits per heavy atom. The van der Waals surface area contributed by atoms with Crippen LogP contribution in [-0.4, -0.2) is 4.98 Å². The first kappa shape index (κ1) is 12.2. The summed E-state index contributed by atoms with van der Waals surface area (Å²) in [5, 5.41) is 2.69. The monoisotopic (exact) mass is 252 g/mol. The minimum absolute atomic E-state index is 0.162. The molecule has 1 radical (unpaired) electrons. The largest absolute Gasteiger partial charge is 0.416 e. The third-order valence-corrected chi connectivity index (χ3v) is 2.22. The topological polar surface area (TPSA) is 50.9 Å². The smallest absolute Gasteiger partial charge is 0.396 e. The van der Waals surface area contributed by atoms with E-state index in [9.17, 15) is 13.2 Å². The molecule has 93 valence electrons. The highest BCUT2D eigenvalue weighted by Crippen LogP contribution is 2.31. The number of nitrogens with one attached hydrogen (secondary N) is 1. The van der Waals surface area contributed by atoms with Crippen LogP contribution in [0.25, 0.3) is 0 Å². The van der Waals surface area contributed by atoms with Gasteiger partial charge in [0.15, 0.2) is 5.82 Å². The summed E-state index contributed by atoms with van der Waals surface area (Å²) in [5.74, 6) is 0.299. The summed E-state index contributed by atoms with van der Waals surface area (Å²) >= 11 is 0. The minimum Gasteiger partial charge on any atom is -0.396 e. The van der Waals surface area contributed by atoms with E-state index in [0.29, 0.717) is 11.5 Å². The fourth-order valence-corrected chi connectivity index (χ4v) is 1.36. The number of nitrogen functional groups attached to an aromatic ring is 1. The Balaban J connectivity index is 2.28. The second-order valence-corrected chi connectivity index (χ2v) is 3.56. The molecule has 0 spiro atoms. The number of benzene rings is 1. The Labute approximate surface area is 101 Å². The molecular formula is C12H9F3N3. The van der Waals surface area contributed by atoms with E-state index < -0.39 is 11.7 Å². The number of hydrogen-bond acceptors (Lipinski definition) is 3. The van der Waals surface area contributed by atoms with Gasteiger partial charge in [0.05, 0.1) is 11.3 Å². The lowest BCUT2D eigenvalue weighted by Gasteiger charge is -2.10. The maximum Gasteiger partial charge on any atom is 0.416 e. The Bertz CT molecular complexity index is 552. The van der Waals surface area contributed by atoms with Crippen molar-refractivity contribution in [2.45, 2.75) is 6.18 Å². The number of rotatable bonds is 2. The first-order valence-electron chi connectivity index (χ1n) is 5.03. The lowest BCUT2D eigenvalue weighted by Crippen LogP contribution is -2.06. The van der Waals surface area contributed by atoms with Crippen LogP contribution >= 0.6 is 0 Å². The van der Waals surface area contributed by atoms with Crippen molar-refractivity contribution in [3.8, 4) is 0 Å². The molecule has 0 aliphatic heterocycles. The highest BCUT2D eigenvalue weighted by atomic mass is 19.4. The van der Waals surface area contributed by atoms with Crippen LogP contribution in [0.1, 0.15) is 5.56 Å². The second-order valence-electron chi connectivity index (χ2n) is 3.56. The van der Waals surface area contributed by atoms with Gasteiger partial charge < -0.3 is 11.1 Å². The number of nitrogens with zero attached hydrogens (tertiary/aromatic N) is 1. The average molecular weight is 252 g/mol. The molecule has 0 saturated carbocycles. The third kappa shape index (κ3) is 2.71. The van der Waals surface area contributed by atoms with E-state index in [2.05, 4.69) is 16.4 Å². The summed E-state index contributed by atoms with van der Waals surface area (Å²) in [6, 6.07) is 8.99. The lowest BCUT2D eigenvalue weighted by molar-refractivity contribution is -0.137. The number of pyridine rings is 1. The van der Waals surface area contributed by atoms with Gasteiger partial charge in [0.2, 0.25) is 0 Å². The molecule has 0 fully saturated rings. The third-order valence-electron chi connectivity index (χ3n) is 2.22. The van der Waals surface area contributed by atoms with E-state index in [1.807, 2.05) is 0 Å². The molecule has 0 atom stereocenters. The van der Waals surface area contributed by atoms with E-state index in [0.717, 1.165) is 12.1 Å². The Morgan fingerprint density at radius 3 is 2.72 bits per heavy atom. The van der Waals surface area contributed by atoms with Gasteiger partial charge >= 0.3 is 6.18 Å². The summed E-state index contributed by atoms with van der Waals surface area (Å²) < 4.78 is 37.5. The van der Waals surface area contributed by atoms with Gasteiger partial charge in [-0.05, 0) is 24.3 Å². The Kier molecular flexibility index (Phi) is 3.10. The van der Waals surface area contributed by atoms with Crippen LogP contribution in [0.3, 0.4) is 0 Å². The van der Waals surface area contributed by atoms with Crippen molar-refractivity contribution < 1.29 is 13.2 Å². The molecule has 18 heavy (non-hydrogen) atoms. The quantitative estimate of drug-likeness (QED) is 0.862. The zero-order valence-corrected chi connectivity index (χ0v) is 9.12. The van der Waals surface area contributed by atoms with Gasteiger partial charge in [0, 0.05) is 18.0 Å². The molecule has 6 heteroatoms. The molecule has 3 N–H and O–H groups in total. The predicted octanol–water partition coefficient (Wildman–Crippen LogP) is 3.23. The molecule has 0 saturated heterocycles. The van der Waals surface area contributed by atoms with Gasteiger partial charge in [-0.25, -0.2) is 4.98 Å². The maximum absolute atomic E-state index is 12.5. The van der Waals surface area contributed by atoms with Crippen molar-refractivity contribution in [2.75, 3.05) is 11.1 Å². The summed E-state index contributed by atoms with van der Waals surface area (Å²) in [4.78, 5) is 3.93. The van der Waals surface area contributed by atoms with E-state index in [1.165, 1.54) is 12.3 Å². The lowest BCUT2D eigenvalue weighted by atomic mass is 10.2. The van der Waals surface area contributed by atoms with Crippen LogP contribution in [0.2, 0.25) is 0 Å². The Morgan fingerprint density at radius 2 is 2.06 bits per heavy atom. The number of hydrogen-bond donors (Lipinski definition) is 2. The maximum atomic E-state index is 12.5. The van der Waals surface area contributed by atoms with E-state index in [-0.39, 0.29) is 5.69 Å². The molecule has 0 unspecified atom stereocenters. The molecule has 1 heterocycles.